The van der Waals surface area contributed by atoms with Crippen molar-refractivity contribution in [1.82, 2.24) is 0 Å². The van der Waals surface area contributed by atoms with Gasteiger partial charge in [-0.05, 0) is 12.8 Å². The van der Waals surface area contributed by atoms with Crippen molar-refractivity contribution in [3.05, 3.63) is 6.42 Å². The van der Waals surface area contributed by atoms with Crippen LogP contribution in [0.25, 0.3) is 0 Å². The molecule has 0 rings (SSSR count). The molecule has 0 aliphatic carbocycles. The van der Waals surface area contributed by atoms with Gasteiger partial charge in [0, 0.05) is 12.8 Å². The molecule has 0 aromatic carbocycles. The van der Waals surface area contributed by atoms with Crippen molar-refractivity contribution in [2.24, 2.45) is 0 Å². The number of carbonyl (C=O) groups is 2. The minimum Gasteiger partial charge on any atom is -0.481 e. The molecular weight excluding hydrogens is 136 g/mol. The number of carboxylic acid groups (broad SMARTS) is 2. The topological polar surface area (TPSA) is 74.6 Å². The third kappa shape index (κ3) is 6.94. The van der Waals surface area contributed by atoms with E-state index in [4.69, 9.17) is 10.2 Å². The Balaban J connectivity index is 3.06. The van der Waals surface area contributed by atoms with E-state index < -0.39 is 11.9 Å². The Morgan fingerprint density at radius 3 is 2.20 bits per heavy atom. The van der Waals surface area contributed by atoms with Crippen LogP contribution in [0.5, 0.6) is 0 Å². The van der Waals surface area contributed by atoms with E-state index in [2.05, 4.69) is 0 Å². The zero-order chi connectivity index (χ0) is 7.98. The third-order valence-electron chi connectivity index (χ3n) is 0.881. The summed E-state index contributed by atoms with van der Waals surface area (Å²) < 4.78 is 0. The average Bonchev–Trinajstić information content (AvgIpc) is 1.79. The Morgan fingerprint density at radius 1 is 1.20 bits per heavy atom. The van der Waals surface area contributed by atoms with Crippen molar-refractivity contribution < 1.29 is 19.8 Å². The Bertz CT molecular complexity index is 114. The fraction of sp³-hybridized carbons (Fsp3) is 0.500. The number of unbranched alkanes of at least 4 members (excludes halogenated alkanes) is 1. The van der Waals surface area contributed by atoms with Gasteiger partial charge in [-0.2, -0.15) is 0 Å². The Labute approximate surface area is 58.5 Å². The molecule has 0 aromatic rings. The molecule has 0 saturated carbocycles. The second-order valence-corrected chi connectivity index (χ2v) is 1.82. The molecule has 0 aromatic heterocycles. The predicted octanol–water partition coefficient (Wildman–Crippen LogP) is 0.530. The van der Waals surface area contributed by atoms with Crippen LogP contribution >= 0.6 is 0 Å². The van der Waals surface area contributed by atoms with Gasteiger partial charge in [0.2, 0.25) is 0 Å². The van der Waals surface area contributed by atoms with Crippen LogP contribution < -0.4 is 0 Å². The summed E-state index contributed by atoms with van der Waals surface area (Å²) in [5, 5.41) is 16.2. The molecule has 0 aliphatic rings. The Kier molecular flexibility index (Phi) is 4.28. The highest BCUT2D eigenvalue weighted by atomic mass is 16.4. The largest absolute Gasteiger partial charge is 0.481 e. The maximum Gasteiger partial charge on any atom is 0.303 e. The summed E-state index contributed by atoms with van der Waals surface area (Å²) in [4.78, 5) is 19.7. The summed E-state index contributed by atoms with van der Waals surface area (Å²) in [6.07, 6.45) is 1.71. The van der Waals surface area contributed by atoms with Gasteiger partial charge in [0.05, 0.1) is 0 Å². The number of aliphatic carboxylic acids is 2. The molecule has 0 bridgehead atoms. The Hall–Kier alpha value is -1.06. The monoisotopic (exact) mass is 145 g/mol. The molecule has 57 valence electrons. The lowest BCUT2D eigenvalue weighted by Crippen LogP contribution is -1.98. The molecule has 4 heteroatoms. The molecule has 0 fully saturated rings. The highest BCUT2D eigenvalue weighted by Gasteiger charge is 1.99. The van der Waals surface area contributed by atoms with Gasteiger partial charge in [-0.1, -0.05) is 0 Å². The van der Waals surface area contributed by atoms with E-state index in [9.17, 15) is 9.59 Å². The second kappa shape index (κ2) is 4.78. The zero-order valence-corrected chi connectivity index (χ0v) is 5.41. The molecular formula is C6H9O4. The van der Waals surface area contributed by atoms with Crippen LogP contribution in [0.3, 0.4) is 0 Å². The van der Waals surface area contributed by atoms with Crippen LogP contribution in [-0.4, -0.2) is 22.2 Å². The lowest BCUT2D eigenvalue weighted by Gasteiger charge is -1.91. The maximum absolute atomic E-state index is 9.88. The van der Waals surface area contributed by atoms with E-state index in [0.29, 0.717) is 6.42 Å². The minimum atomic E-state index is -0.926. The predicted molar refractivity (Wildman–Crippen MR) is 33.4 cm³/mol. The molecule has 1 radical (unpaired) electrons. The van der Waals surface area contributed by atoms with E-state index in [-0.39, 0.29) is 12.8 Å². The first kappa shape index (κ1) is 8.94. The summed E-state index contributed by atoms with van der Waals surface area (Å²) >= 11 is 0. The van der Waals surface area contributed by atoms with Crippen LogP contribution in [0.2, 0.25) is 0 Å². The van der Waals surface area contributed by atoms with E-state index >= 15 is 0 Å². The highest BCUT2D eigenvalue weighted by Crippen LogP contribution is 1.97. The number of rotatable bonds is 5. The maximum atomic E-state index is 9.88. The lowest BCUT2D eigenvalue weighted by atomic mass is 10.2. The smallest absolute Gasteiger partial charge is 0.303 e. The highest BCUT2D eigenvalue weighted by molar-refractivity contribution is 5.69. The molecule has 0 atom stereocenters. The van der Waals surface area contributed by atoms with Gasteiger partial charge in [-0.3, -0.25) is 9.59 Å². The van der Waals surface area contributed by atoms with Crippen molar-refractivity contribution in [3.63, 3.8) is 0 Å². The first-order valence-electron chi connectivity index (χ1n) is 2.88. The molecule has 10 heavy (non-hydrogen) atoms. The first-order valence-corrected chi connectivity index (χ1v) is 2.88. The average molecular weight is 145 g/mol. The first-order chi connectivity index (χ1) is 4.63. The second-order valence-electron chi connectivity index (χ2n) is 1.82. The molecule has 0 heterocycles. The van der Waals surface area contributed by atoms with Crippen LogP contribution in [0.4, 0.5) is 0 Å². The molecule has 0 saturated heterocycles. The molecule has 0 spiro atoms. The molecule has 2 N–H and O–H groups in total. The van der Waals surface area contributed by atoms with Crippen molar-refractivity contribution >= 4 is 11.9 Å². The van der Waals surface area contributed by atoms with Crippen LogP contribution in [0.1, 0.15) is 19.3 Å². The fourth-order valence-corrected chi connectivity index (χ4v) is 0.451. The lowest BCUT2D eigenvalue weighted by molar-refractivity contribution is -0.138. The van der Waals surface area contributed by atoms with Crippen LogP contribution in [-0.2, 0) is 9.59 Å². The van der Waals surface area contributed by atoms with E-state index in [1.165, 1.54) is 6.42 Å². The van der Waals surface area contributed by atoms with E-state index in [1.807, 2.05) is 0 Å². The van der Waals surface area contributed by atoms with Gasteiger partial charge in [-0.15, -0.1) is 0 Å². The molecule has 4 nitrogen and oxygen atoms in total. The van der Waals surface area contributed by atoms with Crippen LogP contribution in [0, 0.1) is 6.42 Å². The molecule has 0 unspecified atom stereocenters. The van der Waals surface area contributed by atoms with E-state index in [0.717, 1.165) is 0 Å². The van der Waals surface area contributed by atoms with Crippen molar-refractivity contribution in [2.45, 2.75) is 19.3 Å². The Morgan fingerprint density at radius 2 is 1.80 bits per heavy atom. The standard InChI is InChI=1S/C6H9O4/c7-5(8)3-1-2-4-6(9)10/h1H,2-4H2,(H,7,8)(H,9,10). The number of hydrogen-bond donors (Lipinski definition) is 2. The fourth-order valence-electron chi connectivity index (χ4n) is 0.451. The van der Waals surface area contributed by atoms with Gasteiger partial charge in [0.25, 0.3) is 0 Å². The van der Waals surface area contributed by atoms with Crippen molar-refractivity contribution in [1.29, 1.82) is 0 Å². The van der Waals surface area contributed by atoms with Gasteiger partial charge in [-0.25, -0.2) is 0 Å². The number of hydrogen-bond acceptors (Lipinski definition) is 2. The van der Waals surface area contributed by atoms with Crippen LogP contribution in [0.15, 0.2) is 0 Å². The summed E-state index contributed by atoms with van der Waals surface area (Å²) in [6, 6.07) is 0. The van der Waals surface area contributed by atoms with Gasteiger partial charge in [0.1, 0.15) is 0 Å². The summed E-state index contributed by atoms with van der Waals surface area (Å²) in [6.45, 7) is 0. The normalized spacial score (nSPS) is 9.20. The summed E-state index contributed by atoms with van der Waals surface area (Å²) in [5.41, 5.74) is 0. The van der Waals surface area contributed by atoms with E-state index in [1.54, 1.807) is 0 Å². The third-order valence-corrected chi connectivity index (χ3v) is 0.881. The van der Waals surface area contributed by atoms with Gasteiger partial charge in [0.15, 0.2) is 0 Å². The van der Waals surface area contributed by atoms with Crippen molar-refractivity contribution in [2.75, 3.05) is 0 Å². The van der Waals surface area contributed by atoms with Gasteiger partial charge >= 0.3 is 11.9 Å². The molecule has 0 aliphatic heterocycles. The summed E-state index contributed by atoms with van der Waals surface area (Å²) in [7, 11) is 0. The minimum absolute atomic E-state index is 0.00722. The SMILES string of the molecule is O=C(O)C[CH]CCC(=O)O. The quantitative estimate of drug-likeness (QED) is 0.553. The zero-order valence-electron chi connectivity index (χ0n) is 5.41. The van der Waals surface area contributed by atoms with Gasteiger partial charge < -0.3 is 10.2 Å². The summed E-state index contributed by atoms with van der Waals surface area (Å²) in [5.74, 6) is -1.83. The van der Waals surface area contributed by atoms with Crippen molar-refractivity contribution in [3.8, 4) is 0 Å². The molecule has 0 amide bonds. The number of carboxylic acids is 2.